The van der Waals surface area contributed by atoms with E-state index in [0.29, 0.717) is 0 Å². The van der Waals surface area contributed by atoms with Crippen LogP contribution in [0.4, 0.5) is 0 Å². The molecule has 0 aliphatic carbocycles. The van der Waals surface area contributed by atoms with Crippen LogP contribution in [0.5, 0.6) is 0 Å². The average Bonchev–Trinajstić information content (AvgIpc) is 2.38. The van der Waals surface area contributed by atoms with E-state index in [-0.39, 0.29) is 0 Å². The van der Waals surface area contributed by atoms with E-state index in [2.05, 4.69) is 34.6 Å². The summed E-state index contributed by atoms with van der Waals surface area (Å²) in [5.41, 5.74) is 4.85. The van der Waals surface area contributed by atoms with E-state index in [1.165, 1.54) is 12.8 Å². The molecule has 1 nitrogen and oxygen atoms in total. The van der Waals surface area contributed by atoms with Gasteiger partial charge in [-0.05, 0) is 12.5 Å². The Kier molecular flexibility index (Phi) is 213. The van der Waals surface area contributed by atoms with Crippen LogP contribution in [-0.2, 0) is 0 Å². The molecular formula is C16H45N. The molecule has 0 aromatic rings. The molecule has 0 unspecified atom stereocenters. The average molecular weight is 252 g/mol. The maximum atomic E-state index is 4.85. The lowest BCUT2D eigenvalue weighted by Crippen LogP contribution is -1.87. The highest BCUT2D eigenvalue weighted by atomic mass is 14.5. The van der Waals surface area contributed by atoms with Crippen molar-refractivity contribution in [3.63, 3.8) is 0 Å². The first-order chi connectivity index (χ1) is 8.10. The molecular weight excluding hydrogens is 206 g/mol. The lowest BCUT2D eigenvalue weighted by Gasteiger charge is -1.90. The van der Waals surface area contributed by atoms with Gasteiger partial charge in [0.15, 0.2) is 0 Å². The zero-order chi connectivity index (χ0) is 15.7. The standard InChI is InChI=1S/C5H12.C3H8.C2H7N.3C2H6/c1-4-5(2)3;1-3-2;1-2-3;3*1-2/h5H,4H2,1-3H3;3H2,1-2H3;2-3H2,1H3;3*1-2H3. The summed E-state index contributed by atoms with van der Waals surface area (Å²) in [4.78, 5) is 0. The Balaban J connectivity index is -0.0000000225. The molecule has 0 saturated heterocycles. The van der Waals surface area contributed by atoms with Crippen LogP contribution in [-0.4, -0.2) is 6.54 Å². The van der Waals surface area contributed by atoms with Crippen molar-refractivity contribution in [2.45, 2.75) is 95.9 Å². The third-order valence-corrected chi connectivity index (χ3v) is 0.816. The maximum absolute atomic E-state index is 4.85. The predicted octanol–water partition coefficient (Wildman–Crippen LogP) is 6.51. The summed E-state index contributed by atoms with van der Waals surface area (Å²) >= 11 is 0. The number of hydrogen-bond donors (Lipinski definition) is 1. The third kappa shape index (κ3) is 810. The van der Waals surface area contributed by atoms with Gasteiger partial charge in [-0.3, -0.25) is 0 Å². The number of hydrogen-bond acceptors (Lipinski definition) is 1. The van der Waals surface area contributed by atoms with Crippen LogP contribution in [0.25, 0.3) is 0 Å². The third-order valence-electron chi connectivity index (χ3n) is 0.816. The van der Waals surface area contributed by atoms with Gasteiger partial charge in [0.2, 0.25) is 0 Å². The molecule has 0 rings (SSSR count). The maximum Gasteiger partial charge on any atom is -0.0106 e. The molecule has 2 N–H and O–H groups in total. The minimum absolute atomic E-state index is 0.750. The van der Waals surface area contributed by atoms with Crippen molar-refractivity contribution in [3.05, 3.63) is 0 Å². The second kappa shape index (κ2) is 101. The second-order valence-electron chi connectivity index (χ2n) is 2.92. The fourth-order valence-electron chi connectivity index (χ4n) is 0. The first-order valence-electron chi connectivity index (χ1n) is 7.80. The lowest BCUT2D eigenvalue weighted by atomic mass is 10.2. The Labute approximate surface area is 115 Å². The predicted molar refractivity (Wildman–Crippen MR) is 89.9 cm³/mol. The Morgan fingerprint density at radius 1 is 0.706 bits per heavy atom. The van der Waals surface area contributed by atoms with Gasteiger partial charge >= 0.3 is 0 Å². The van der Waals surface area contributed by atoms with Gasteiger partial charge in [0.1, 0.15) is 0 Å². The molecule has 1 heteroatoms. The monoisotopic (exact) mass is 251 g/mol. The minimum Gasteiger partial charge on any atom is -0.331 e. The Hall–Kier alpha value is -0.0400. The van der Waals surface area contributed by atoms with Crippen LogP contribution in [0.3, 0.4) is 0 Å². The number of rotatable bonds is 1. The van der Waals surface area contributed by atoms with Gasteiger partial charge in [0, 0.05) is 0 Å². The summed E-state index contributed by atoms with van der Waals surface area (Å²) in [6.07, 6.45) is 2.56. The van der Waals surface area contributed by atoms with Crippen LogP contribution in [0.2, 0.25) is 0 Å². The van der Waals surface area contributed by atoms with Gasteiger partial charge in [-0.15, -0.1) is 0 Å². The van der Waals surface area contributed by atoms with E-state index < -0.39 is 0 Å². The highest BCUT2D eigenvalue weighted by molar-refractivity contribution is 4.32. The molecule has 0 saturated carbocycles. The molecule has 0 aromatic heterocycles. The largest absolute Gasteiger partial charge is 0.331 e. The van der Waals surface area contributed by atoms with Crippen molar-refractivity contribution in [1.82, 2.24) is 0 Å². The molecule has 0 radical (unpaired) electrons. The number of nitrogens with two attached hydrogens (primary N) is 1. The summed E-state index contributed by atoms with van der Waals surface area (Å²) in [5.74, 6) is 0.884. The quantitative estimate of drug-likeness (QED) is 0.564. The summed E-state index contributed by atoms with van der Waals surface area (Å²) in [6.45, 7) is 25.5. The molecule has 0 atom stereocenters. The van der Waals surface area contributed by atoms with Gasteiger partial charge in [-0.2, -0.15) is 0 Å². The molecule has 17 heavy (non-hydrogen) atoms. The fraction of sp³-hybridized carbons (Fsp3) is 1.00. The SMILES string of the molecule is CC.CC.CC.CCC.CCC(C)C.CCN. The molecule has 114 valence electrons. The van der Waals surface area contributed by atoms with Gasteiger partial charge < -0.3 is 5.73 Å². The van der Waals surface area contributed by atoms with Crippen LogP contribution in [0.15, 0.2) is 0 Å². The highest BCUT2D eigenvalue weighted by Gasteiger charge is 1.80. The van der Waals surface area contributed by atoms with Crippen molar-refractivity contribution < 1.29 is 0 Å². The van der Waals surface area contributed by atoms with E-state index in [9.17, 15) is 0 Å². The van der Waals surface area contributed by atoms with E-state index in [1.807, 2.05) is 48.5 Å². The normalized spacial score (nSPS) is 6.00. The van der Waals surface area contributed by atoms with Gasteiger partial charge in [-0.1, -0.05) is 95.9 Å². The fourth-order valence-corrected chi connectivity index (χ4v) is 0. The van der Waals surface area contributed by atoms with Crippen LogP contribution >= 0.6 is 0 Å². The zero-order valence-electron chi connectivity index (χ0n) is 15.3. The summed E-state index contributed by atoms with van der Waals surface area (Å²) in [5, 5.41) is 0. The molecule has 0 spiro atoms. The molecule has 0 fully saturated rings. The molecule has 0 heterocycles. The van der Waals surface area contributed by atoms with E-state index in [4.69, 9.17) is 5.73 Å². The minimum atomic E-state index is 0.750. The Morgan fingerprint density at radius 3 is 0.765 bits per heavy atom. The van der Waals surface area contributed by atoms with Crippen LogP contribution < -0.4 is 5.73 Å². The Bertz CT molecular complexity index is 32.5. The topological polar surface area (TPSA) is 26.0 Å². The summed E-state index contributed by atoms with van der Waals surface area (Å²) < 4.78 is 0. The van der Waals surface area contributed by atoms with Crippen molar-refractivity contribution in [1.29, 1.82) is 0 Å². The van der Waals surface area contributed by atoms with Crippen molar-refractivity contribution >= 4 is 0 Å². The van der Waals surface area contributed by atoms with E-state index in [1.54, 1.807) is 0 Å². The van der Waals surface area contributed by atoms with Crippen molar-refractivity contribution in [2.24, 2.45) is 11.7 Å². The van der Waals surface area contributed by atoms with E-state index >= 15 is 0 Å². The highest BCUT2D eigenvalue weighted by Crippen LogP contribution is 1.93. The molecule has 0 aromatic carbocycles. The summed E-state index contributed by atoms with van der Waals surface area (Å²) in [6, 6.07) is 0. The molecule has 0 bridgehead atoms. The zero-order valence-corrected chi connectivity index (χ0v) is 15.3. The van der Waals surface area contributed by atoms with Crippen LogP contribution in [0, 0.1) is 5.92 Å². The van der Waals surface area contributed by atoms with Gasteiger partial charge in [0.25, 0.3) is 0 Å². The van der Waals surface area contributed by atoms with Gasteiger partial charge in [-0.25, -0.2) is 0 Å². The van der Waals surface area contributed by atoms with E-state index in [0.717, 1.165) is 12.5 Å². The first kappa shape index (κ1) is 36.0. The molecule has 0 amide bonds. The smallest absolute Gasteiger partial charge is 0.0106 e. The van der Waals surface area contributed by atoms with Crippen molar-refractivity contribution in [3.8, 4) is 0 Å². The molecule has 0 aliphatic heterocycles. The lowest BCUT2D eigenvalue weighted by molar-refractivity contribution is 0.626. The van der Waals surface area contributed by atoms with Gasteiger partial charge in [0.05, 0.1) is 0 Å². The van der Waals surface area contributed by atoms with Crippen LogP contribution in [0.1, 0.15) is 95.9 Å². The second-order valence-corrected chi connectivity index (χ2v) is 2.92. The van der Waals surface area contributed by atoms with Crippen molar-refractivity contribution in [2.75, 3.05) is 6.54 Å². The first-order valence-corrected chi connectivity index (χ1v) is 7.80. The molecule has 0 aliphatic rings. The Morgan fingerprint density at radius 2 is 0.765 bits per heavy atom. The summed E-state index contributed by atoms with van der Waals surface area (Å²) in [7, 11) is 0.